The number of carbonyl (C=O) groups is 1. The first-order valence-corrected chi connectivity index (χ1v) is 9.58. The molecule has 2 aromatic carbocycles. The van der Waals surface area contributed by atoms with Gasteiger partial charge in [0.2, 0.25) is 5.91 Å². The van der Waals surface area contributed by atoms with Crippen LogP contribution in [0.4, 0.5) is 4.39 Å². The van der Waals surface area contributed by atoms with Crippen LogP contribution >= 0.6 is 0 Å². The third-order valence-corrected chi connectivity index (χ3v) is 5.66. The summed E-state index contributed by atoms with van der Waals surface area (Å²) in [6, 6.07) is 15.2. The van der Waals surface area contributed by atoms with Crippen molar-refractivity contribution in [3.8, 4) is 0 Å². The van der Waals surface area contributed by atoms with Gasteiger partial charge < -0.3 is 10.2 Å². The maximum absolute atomic E-state index is 13.4. The number of rotatable bonds is 4. The van der Waals surface area contributed by atoms with Crippen molar-refractivity contribution in [2.75, 3.05) is 13.1 Å². The summed E-state index contributed by atoms with van der Waals surface area (Å²) in [6.07, 6.45) is 4.71. The average Bonchev–Trinajstić information content (AvgIpc) is 3.19. The van der Waals surface area contributed by atoms with Crippen LogP contribution in [0.5, 0.6) is 0 Å². The van der Waals surface area contributed by atoms with Crippen LogP contribution in [-0.2, 0) is 11.2 Å². The fraction of sp³-hybridized carbons (Fsp3) is 0.409. The van der Waals surface area contributed by atoms with Gasteiger partial charge in [0.15, 0.2) is 0 Å². The maximum Gasteiger partial charge on any atom is 0.223 e. The van der Waals surface area contributed by atoms with E-state index in [1.54, 1.807) is 12.1 Å². The highest BCUT2D eigenvalue weighted by atomic mass is 19.1. The summed E-state index contributed by atoms with van der Waals surface area (Å²) >= 11 is 0. The molecule has 4 heteroatoms. The number of nitrogens with one attached hydrogen (secondary N) is 1. The third kappa shape index (κ3) is 3.51. The monoisotopic (exact) mass is 352 g/mol. The first-order valence-electron chi connectivity index (χ1n) is 9.58. The van der Waals surface area contributed by atoms with Crippen molar-refractivity contribution in [2.45, 2.75) is 44.2 Å². The summed E-state index contributed by atoms with van der Waals surface area (Å²) in [5.41, 5.74) is 3.42. The second-order valence-corrected chi connectivity index (χ2v) is 7.32. The highest BCUT2D eigenvalue weighted by Crippen LogP contribution is 2.35. The van der Waals surface area contributed by atoms with Gasteiger partial charge in [-0.25, -0.2) is 4.39 Å². The van der Waals surface area contributed by atoms with Crippen LogP contribution in [-0.4, -0.2) is 29.9 Å². The van der Waals surface area contributed by atoms with E-state index < -0.39 is 0 Å². The largest absolute Gasteiger partial charge is 0.331 e. The molecule has 1 fully saturated rings. The Kier molecular flexibility index (Phi) is 5.02. The summed E-state index contributed by atoms with van der Waals surface area (Å²) in [7, 11) is 0. The lowest BCUT2D eigenvalue weighted by molar-refractivity contribution is -0.133. The number of halogens is 1. The van der Waals surface area contributed by atoms with E-state index in [0.29, 0.717) is 12.5 Å². The van der Waals surface area contributed by atoms with Gasteiger partial charge in [0.25, 0.3) is 0 Å². The van der Waals surface area contributed by atoms with Gasteiger partial charge in [0, 0.05) is 19.0 Å². The van der Waals surface area contributed by atoms with Gasteiger partial charge in [-0.3, -0.25) is 4.79 Å². The van der Waals surface area contributed by atoms with Gasteiger partial charge in [0.05, 0.1) is 6.04 Å². The summed E-state index contributed by atoms with van der Waals surface area (Å²) in [5.74, 6) is -0.0504. The molecule has 2 aromatic rings. The standard InChI is InChI=1S/C22H25FN2O/c23-18-9-7-17(8-10-18)22-20-6-2-1-4-16(20)13-15-25(22)21(26)12-11-19-5-3-14-24-19/h1-2,4,6-10,19,22,24H,3,5,11-15H2/t19-,22-/m0/s1. The van der Waals surface area contributed by atoms with Crippen LogP contribution in [0.1, 0.15) is 48.4 Å². The first-order chi connectivity index (χ1) is 12.7. The normalized spacial score (nSPS) is 22.3. The third-order valence-electron chi connectivity index (χ3n) is 5.66. The van der Waals surface area contributed by atoms with Crippen LogP contribution < -0.4 is 5.32 Å². The quantitative estimate of drug-likeness (QED) is 0.907. The molecule has 0 radical (unpaired) electrons. The number of benzene rings is 2. The van der Waals surface area contributed by atoms with E-state index in [2.05, 4.69) is 17.4 Å². The Hall–Kier alpha value is -2.20. The van der Waals surface area contributed by atoms with E-state index in [9.17, 15) is 9.18 Å². The maximum atomic E-state index is 13.4. The van der Waals surface area contributed by atoms with E-state index in [-0.39, 0.29) is 17.8 Å². The highest BCUT2D eigenvalue weighted by molar-refractivity contribution is 5.78. The lowest BCUT2D eigenvalue weighted by Crippen LogP contribution is -2.41. The van der Waals surface area contributed by atoms with Gasteiger partial charge in [-0.15, -0.1) is 0 Å². The van der Waals surface area contributed by atoms with E-state index in [0.717, 1.165) is 43.5 Å². The molecule has 2 atom stereocenters. The van der Waals surface area contributed by atoms with Crippen LogP contribution in [0.2, 0.25) is 0 Å². The molecular weight excluding hydrogens is 327 g/mol. The Bertz CT molecular complexity index is 768. The summed E-state index contributed by atoms with van der Waals surface area (Å²) in [4.78, 5) is 15.0. The van der Waals surface area contributed by atoms with Gasteiger partial charge in [-0.1, -0.05) is 36.4 Å². The first kappa shape index (κ1) is 17.2. The molecule has 0 aliphatic carbocycles. The second kappa shape index (κ2) is 7.58. The molecule has 2 heterocycles. The molecule has 0 bridgehead atoms. The molecular formula is C22H25FN2O. The van der Waals surface area contributed by atoms with Gasteiger partial charge >= 0.3 is 0 Å². The predicted molar refractivity (Wildman–Crippen MR) is 100 cm³/mol. The molecule has 136 valence electrons. The molecule has 0 spiro atoms. The number of hydrogen-bond acceptors (Lipinski definition) is 2. The molecule has 3 nitrogen and oxygen atoms in total. The molecule has 4 rings (SSSR count). The topological polar surface area (TPSA) is 32.3 Å². The minimum absolute atomic E-state index is 0.121. The molecule has 1 amide bonds. The van der Waals surface area contributed by atoms with E-state index >= 15 is 0 Å². The average molecular weight is 352 g/mol. The van der Waals surface area contributed by atoms with E-state index in [1.807, 2.05) is 17.0 Å². The predicted octanol–water partition coefficient (Wildman–Crippen LogP) is 3.83. The van der Waals surface area contributed by atoms with Crippen molar-refractivity contribution < 1.29 is 9.18 Å². The van der Waals surface area contributed by atoms with Crippen molar-refractivity contribution >= 4 is 5.91 Å². The number of carbonyl (C=O) groups excluding carboxylic acids is 1. The fourth-order valence-corrected chi connectivity index (χ4v) is 4.28. The van der Waals surface area contributed by atoms with Crippen molar-refractivity contribution in [2.24, 2.45) is 0 Å². The van der Waals surface area contributed by atoms with Gasteiger partial charge in [-0.2, -0.15) is 0 Å². The number of nitrogens with zero attached hydrogens (tertiary/aromatic N) is 1. The van der Waals surface area contributed by atoms with Crippen LogP contribution in [0.3, 0.4) is 0 Å². The van der Waals surface area contributed by atoms with Crippen LogP contribution in [0.25, 0.3) is 0 Å². The molecule has 0 saturated carbocycles. The van der Waals surface area contributed by atoms with Crippen molar-refractivity contribution in [1.82, 2.24) is 10.2 Å². The summed E-state index contributed by atoms with van der Waals surface area (Å²) < 4.78 is 13.4. The zero-order valence-corrected chi connectivity index (χ0v) is 15.0. The molecule has 26 heavy (non-hydrogen) atoms. The van der Waals surface area contributed by atoms with Crippen LogP contribution in [0.15, 0.2) is 48.5 Å². The Labute approximate surface area is 154 Å². The van der Waals surface area contributed by atoms with E-state index in [4.69, 9.17) is 0 Å². The summed E-state index contributed by atoms with van der Waals surface area (Å²) in [6.45, 7) is 1.78. The Balaban J connectivity index is 1.59. The molecule has 0 aromatic heterocycles. The van der Waals surface area contributed by atoms with Crippen molar-refractivity contribution in [3.63, 3.8) is 0 Å². The summed E-state index contributed by atoms with van der Waals surface area (Å²) in [5, 5.41) is 3.47. The molecule has 2 aliphatic heterocycles. The molecule has 0 unspecified atom stereocenters. The highest BCUT2D eigenvalue weighted by Gasteiger charge is 2.32. The number of hydrogen-bond donors (Lipinski definition) is 1. The smallest absolute Gasteiger partial charge is 0.223 e. The molecule has 2 aliphatic rings. The minimum Gasteiger partial charge on any atom is -0.331 e. The van der Waals surface area contributed by atoms with Gasteiger partial charge in [0.1, 0.15) is 5.82 Å². The van der Waals surface area contributed by atoms with Crippen molar-refractivity contribution in [1.29, 1.82) is 0 Å². The Morgan fingerprint density at radius 1 is 1.15 bits per heavy atom. The number of fused-ring (bicyclic) bond motifs is 1. The fourth-order valence-electron chi connectivity index (χ4n) is 4.28. The van der Waals surface area contributed by atoms with Crippen molar-refractivity contribution in [3.05, 3.63) is 71.0 Å². The Morgan fingerprint density at radius 3 is 2.73 bits per heavy atom. The molecule has 1 N–H and O–H groups in total. The van der Waals surface area contributed by atoms with Crippen LogP contribution in [0, 0.1) is 5.82 Å². The number of amides is 1. The second-order valence-electron chi connectivity index (χ2n) is 7.32. The SMILES string of the molecule is O=C(CC[C@@H]1CCCN1)N1CCc2ccccc2[C@@H]1c1ccc(F)cc1. The molecule has 1 saturated heterocycles. The Morgan fingerprint density at radius 2 is 1.96 bits per heavy atom. The zero-order chi connectivity index (χ0) is 17.9. The zero-order valence-electron chi connectivity index (χ0n) is 15.0. The lowest BCUT2D eigenvalue weighted by Gasteiger charge is -2.38. The minimum atomic E-state index is -0.247. The van der Waals surface area contributed by atoms with E-state index in [1.165, 1.54) is 24.1 Å². The lowest BCUT2D eigenvalue weighted by atomic mass is 9.88. The van der Waals surface area contributed by atoms with Gasteiger partial charge in [-0.05, 0) is 61.1 Å².